The summed E-state index contributed by atoms with van der Waals surface area (Å²) >= 11 is 0. The normalized spacial score (nSPS) is 23.2. The summed E-state index contributed by atoms with van der Waals surface area (Å²) in [7, 11) is 2.16. The van der Waals surface area contributed by atoms with Crippen molar-refractivity contribution in [3.05, 3.63) is 64.6 Å². The Morgan fingerprint density at radius 3 is 2.77 bits per heavy atom. The Hall–Kier alpha value is -3.76. The quantitative estimate of drug-likeness (QED) is 0.438. The highest BCUT2D eigenvalue weighted by Gasteiger charge is 2.41. The van der Waals surface area contributed by atoms with Gasteiger partial charge in [-0.1, -0.05) is 19.1 Å². The van der Waals surface area contributed by atoms with Gasteiger partial charge in [0.15, 0.2) is 5.65 Å². The second-order valence-electron chi connectivity index (χ2n) is 11.2. The van der Waals surface area contributed by atoms with E-state index < -0.39 is 11.8 Å². The van der Waals surface area contributed by atoms with Crippen molar-refractivity contribution >= 4 is 34.1 Å². The second-order valence-corrected chi connectivity index (χ2v) is 11.2. The van der Waals surface area contributed by atoms with Crippen LogP contribution in [0.15, 0.2) is 58.5 Å². The molecule has 2 aliphatic heterocycles. The lowest BCUT2D eigenvalue weighted by Crippen LogP contribution is -2.44. The van der Waals surface area contributed by atoms with E-state index in [4.69, 9.17) is 9.98 Å². The van der Waals surface area contributed by atoms with E-state index in [0.717, 1.165) is 49.6 Å². The van der Waals surface area contributed by atoms with Gasteiger partial charge in [0.05, 0.1) is 12.3 Å². The zero-order valence-corrected chi connectivity index (χ0v) is 23.6. The fourth-order valence-electron chi connectivity index (χ4n) is 6.20. The van der Waals surface area contributed by atoms with Crippen molar-refractivity contribution in [2.45, 2.75) is 57.8 Å². The number of aromatic nitrogens is 4. The van der Waals surface area contributed by atoms with Crippen molar-refractivity contribution in [3.63, 3.8) is 0 Å². The molecular formula is C30H38N8O2. The van der Waals surface area contributed by atoms with Crippen LogP contribution in [0.1, 0.15) is 44.3 Å². The van der Waals surface area contributed by atoms with Crippen LogP contribution >= 0.6 is 0 Å². The van der Waals surface area contributed by atoms with E-state index in [9.17, 15) is 9.90 Å². The maximum atomic E-state index is 13.4. The molecule has 6 rings (SSSR count). The van der Waals surface area contributed by atoms with Crippen molar-refractivity contribution in [3.8, 4) is 0 Å². The first kappa shape index (κ1) is 26.5. The Morgan fingerprint density at radius 2 is 2.05 bits per heavy atom. The zero-order valence-electron chi connectivity index (χ0n) is 23.6. The molecule has 2 atom stereocenters. The number of allylic oxidation sites excluding steroid dienone is 1. The van der Waals surface area contributed by atoms with Gasteiger partial charge in [0.2, 0.25) is 5.95 Å². The van der Waals surface area contributed by atoms with Crippen LogP contribution in [-0.2, 0) is 6.54 Å². The molecular weight excluding hydrogens is 504 g/mol. The van der Waals surface area contributed by atoms with E-state index >= 15 is 0 Å². The van der Waals surface area contributed by atoms with Gasteiger partial charge in [-0.3, -0.25) is 9.79 Å². The second kappa shape index (κ2) is 10.3. The number of piperazine rings is 1. The minimum absolute atomic E-state index is 0.180. The molecule has 40 heavy (non-hydrogen) atoms. The monoisotopic (exact) mass is 542 g/mol. The molecule has 2 N–H and O–H groups in total. The number of aryl methyl sites for hydroxylation is 1. The Bertz CT molecular complexity index is 1580. The van der Waals surface area contributed by atoms with Crippen LogP contribution in [0, 0.1) is 6.92 Å². The SMILES string of the molecule is C=CCn1c(=O)c2cnc(Nc3ccc(N4CCN(C)CC4)c(C)c3)nc2n1C1CC=C2CCC(O)(CC)C2=N1. The number of benzene rings is 1. The summed E-state index contributed by atoms with van der Waals surface area (Å²) < 4.78 is 3.47. The van der Waals surface area contributed by atoms with Gasteiger partial charge in [0.25, 0.3) is 5.56 Å². The van der Waals surface area contributed by atoms with E-state index in [2.05, 4.69) is 64.9 Å². The minimum atomic E-state index is -0.924. The summed E-state index contributed by atoms with van der Waals surface area (Å²) in [6.45, 7) is 12.4. The topological polar surface area (TPSA) is 104 Å². The van der Waals surface area contributed by atoms with Crippen LogP contribution in [0.25, 0.3) is 11.0 Å². The molecule has 3 aromatic rings. The summed E-state index contributed by atoms with van der Waals surface area (Å²) in [5.74, 6) is 0.411. The van der Waals surface area contributed by atoms with E-state index in [1.165, 1.54) is 11.3 Å². The van der Waals surface area contributed by atoms with Gasteiger partial charge in [-0.2, -0.15) is 4.98 Å². The highest BCUT2D eigenvalue weighted by Crippen LogP contribution is 2.39. The number of aliphatic hydroxyl groups is 1. The highest BCUT2D eigenvalue weighted by atomic mass is 16.3. The van der Waals surface area contributed by atoms with Crippen molar-refractivity contribution in [1.29, 1.82) is 0 Å². The summed E-state index contributed by atoms with van der Waals surface area (Å²) in [5, 5.41) is 15.0. The third-order valence-corrected chi connectivity index (χ3v) is 8.58. The fraction of sp³-hybridized carbons (Fsp3) is 0.467. The first-order chi connectivity index (χ1) is 19.3. The highest BCUT2D eigenvalue weighted by molar-refractivity contribution is 6.08. The van der Waals surface area contributed by atoms with Gasteiger partial charge >= 0.3 is 0 Å². The molecule has 0 amide bonds. The molecule has 3 aliphatic rings. The number of hydrogen-bond donors (Lipinski definition) is 2. The third-order valence-electron chi connectivity index (χ3n) is 8.58. The molecule has 1 saturated heterocycles. The van der Waals surface area contributed by atoms with Crippen LogP contribution < -0.4 is 15.8 Å². The van der Waals surface area contributed by atoms with Gasteiger partial charge in [-0.25, -0.2) is 14.3 Å². The van der Waals surface area contributed by atoms with Crippen LogP contribution in [0.3, 0.4) is 0 Å². The third kappa shape index (κ3) is 4.54. The number of rotatable bonds is 7. The zero-order chi connectivity index (χ0) is 28.0. The lowest BCUT2D eigenvalue weighted by molar-refractivity contribution is 0.108. The number of fused-ring (bicyclic) bond motifs is 2. The largest absolute Gasteiger partial charge is 0.384 e. The van der Waals surface area contributed by atoms with E-state index in [0.29, 0.717) is 42.8 Å². The molecule has 2 fully saturated rings. The van der Waals surface area contributed by atoms with E-state index in [1.807, 2.05) is 11.6 Å². The molecule has 10 nitrogen and oxygen atoms in total. The Kier molecular flexibility index (Phi) is 6.83. The van der Waals surface area contributed by atoms with E-state index in [-0.39, 0.29) is 5.56 Å². The van der Waals surface area contributed by atoms with Gasteiger partial charge < -0.3 is 20.2 Å². The van der Waals surface area contributed by atoms with Crippen molar-refractivity contribution in [2.24, 2.45) is 4.99 Å². The molecule has 1 aliphatic carbocycles. The maximum absolute atomic E-state index is 13.4. The van der Waals surface area contributed by atoms with Crippen molar-refractivity contribution in [2.75, 3.05) is 43.4 Å². The predicted molar refractivity (Wildman–Crippen MR) is 160 cm³/mol. The summed E-state index contributed by atoms with van der Waals surface area (Å²) in [5.41, 5.74) is 4.58. The number of likely N-dealkylation sites (N-methyl/N-ethyl adjacent to an activating group) is 1. The lowest BCUT2D eigenvalue weighted by atomic mass is 9.95. The predicted octanol–water partition coefficient (Wildman–Crippen LogP) is 3.79. The molecule has 4 heterocycles. The molecule has 2 unspecified atom stereocenters. The smallest absolute Gasteiger partial charge is 0.278 e. The van der Waals surface area contributed by atoms with Crippen molar-refractivity contribution in [1.82, 2.24) is 24.2 Å². The summed E-state index contributed by atoms with van der Waals surface area (Å²) in [4.78, 5) is 32.5. The Balaban J connectivity index is 1.34. The van der Waals surface area contributed by atoms with E-state index in [1.54, 1.807) is 17.0 Å². The van der Waals surface area contributed by atoms with Gasteiger partial charge in [0.1, 0.15) is 17.2 Å². The molecule has 1 aromatic carbocycles. The Morgan fingerprint density at radius 1 is 1.25 bits per heavy atom. The Labute approximate surface area is 234 Å². The molecule has 0 spiro atoms. The lowest BCUT2D eigenvalue weighted by Gasteiger charge is -2.35. The van der Waals surface area contributed by atoms with Crippen LogP contribution in [-0.4, -0.2) is 73.9 Å². The van der Waals surface area contributed by atoms with Gasteiger partial charge in [0, 0.05) is 50.2 Å². The number of dihydropyridines is 1. The molecule has 1 saturated carbocycles. The van der Waals surface area contributed by atoms with Crippen LogP contribution in [0.4, 0.5) is 17.3 Å². The molecule has 10 heteroatoms. The summed E-state index contributed by atoms with van der Waals surface area (Å²) in [6.07, 6.45) is 7.77. The number of hydrogen-bond acceptors (Lipinski definition) is 8. The first-order valence-electron chi connectivity index (χ1n) is 14.2. The summed E-state index contributed by atoms with van der Waals surface area (Å²) in [6, 6.07) is 6.31. The number of nitrogens with zero attached hydrogens (tertiary/aromatic N) is 7. The number of anilines is 3. The fourth-order valence-corrected chi connectivity index (χ4v) is 6.20. The molecule has 0 radical (unpaired) electrons. The van der Waals surface area contributed by atoms with Crippen LogP contribution in [0.5, 0.6) is 0 Å². The minimum Gasteiger partial charge on any atom is -0.384 e. The number of nitrogens with one attached hydrogen (secondary N) is 1. The molecule has 0 bridgehead atoms. The number of aliphatic imine (C=N–C) groups is 1. The maximum Gasteiger partial charge on any atom is 0.278 e. The molecule has 2 aromatic heterocycles. The molecule has 210 valence electrons. The standard InChI is InChI=1S/C30H38N8O2/c1-5-13-37-28(39)23-19-31-29(32-22-8-9-24(20(3)18-22)36-16-14-35(4)15-17-36)34-27(23)38(37)25-10-7-21-11-12-30(40,6-2)26(21)33-25/h5,7-9,18-19,25,40H,1,6,10-17H2,2-4H3,(H,31,32,34). The van der Waals surface area contributed by atoms with Gasteiger partial charge in [-0.05, 0) is 62.6 Å². The van der Waals surface area contributed by atoms with Crippen LogP contribution in [0.2, 0.25) is 0 Å². The average molecular weight is 543 g/mol. The van der Waals surface area contributed by atoms with Crippen molar-refractivity contribution < 1.29 is 5.11 Å². The van der Waals surface area contributed by atoms with Gasteiger partial charge in [-0.15, -0.1) is 6.58 Å². The first-order valence-corrected chi connectivity index (χ1v) is 14.2. The average Bonchev–Trinajstić information content (AvgIpc) is 3.43.